The number of carbonyl (C=O) groups is 1. The van der Waals surface area contributed by atoms with E-state index >= 15 is 0 Å². The molecular weight excluding hydrogens is 412 g/mol. The van der Waals surface area contributed by atoms with E-state index in [-0.39, 0.29) is 18.4 Å². The van der Waals surface area contributed by atoms with Crippen molar-refractivity contribution >= 4 is 27.7 Å². The van der Waals surface area contributed by atoms with Gasteiger partial charge in [0.05, 0.1) is 0 Å². The van der Waals surface area contributed by atoms with E-state index in [9.17, 15) is 4.79 Å². The first-order valence-corrected chi connectivity index (χ1v) is 10.9. The van der Waals surface area contributed by atoms with Crippen LogP contribution in [0.15, 0.2) is 85.2 Å². The van der Waals surface area contributed by atoms with Gasteiger partial charge < -0.3 is 13.9 Å². The Labute approximate surface area is 192 Å². The monoisotopic (exact) mass is 438 g/mol. The van der Waals surface area contributed by atoms with Gasteiger partial charge in [-0.1, -0.05) is 48.5 Å². The van der Waals surface area contributed by atoms with Gasteiger partial charge in [0.1, 0.15) is 5.75 Å². The highest BCUT2D eigenvalue weighted by Gasteiger charge is 2.24. The topological polar surface area (TPSA) is 74.2 Å². The van der Waals surface area contributed by atoms with Gasteiger partial charge in [-0.3, -0.25) is 10.2 Å². The molecule has 0 saturated heterocycles. The van der Waals surface area contributed by atoms with Gasteiger partial charge in [-0.2, -0.15) is 0 Å². The molecule has 0 aliphatic heterocycles. The minimum Gasteiger partial charge on any atom is -0.484 e. The number of hydrazine groups is 1. The number of para-hydroxylation sites is 2. The number of hydrogen-bond acceptors (Lipinski definition) is 3. The summed E-state index contributed by atoms with van der Waals surface area (Å²) < 4.78 is 9.93. The van der Waals surface area contributed by atoms with Crippen LogP contribution >= 0.6 is 0 Å². The molecule has 6 heteroatoms. The molecule has 5 aromatic rings. The summed E-state index contributed by atoms with van der Waals surface area (Å²) in [5.41, 5.74) is 8.13. The molecule has 2 aromatic heterocycles. The van der Waals surface area contributed by atoms with Gasteiger partial charge in [0, 0.05) is 54.2 Å². The number of benzene rings is 3. The molecule has 3 aromatic carbocycles. The summed E-state index contributed by atoms with van der Waals surface area (Å²) in [6, 6.07) is 25.0. The van der Waals surface area contributed by atoms with E-state index in [4.69, 9.17) is 10.6 Å². The summed E-state index contributed by atoms with van der Waals surface area (Å²) >= 11 is 0. The summed E-state index contributed by atoms with van der Waals surface area (Å²) in [6.07, 6.45) is 4.46. The maximum absolute atomic E-state index is 11.4. The molecule has 5 rings (SSSR count). The van der Waals surface area contributed by atoms with Gasteiger partial charge in [0.15, 0.2) is 6.61 Å². The molecule has 0 unspecified atom stereocenters. The Balaban J connectivity index is 1.66. The number of aromatic nitrogens is 2. The van der Waals surface area contributed by atoms with Crippen molar-refractivity contribution in [3.05, 3.63) is 102 Å². The van der Waals surface area contributed by atoms with Gasteiger partial charge in [-0.25, -0.2) is 5.84 Å². The molecule has 0 fully saturated rings. The van der Waals surface area contributed by atoms with Crippen molar-refractivity contribution < 1.29 is 9.53 Å². The van der Waals surface area contributed by atoms with Crippen LogP contribution in [-0.2, 0) is 18.9 Å². The molecule has 166 valence electrons. The first-order chi connectivity index (χ1) is 16.1. The number of ether oxygens (including phenoxy) is 1. The highest BCUT2D eigenvalue weighted by atomic mass is 16.5. The molecule has 2 heterocycles. The number of hydrogen-bond donors (Lipinski definition) is 2. The second-order valence-corrected chi connectivity index (χ2v) is 8.28. The third-order valence-electron chi connectivity index (χ3n) is 6.22. The minimum atomic E-state index is -0.372. The predicted octanol–water partition coefficient (Wildman–Crippen LogP) is 4.22. The quantitative estimate of drug-likeness (QED) is 0.237. The fraction of sp³-hybridized carbons (Fsp3) is 0.148. The summed E-state index contributed by atoms with van der Waals surface area (Å²) in [6.45, 7) is -0.119. The first kappa shape index (κ1) is 20.8. The first-order valence-electron chi connectivity index (χ1n) is 10.9. The van der Waals surface area contributed by atoms with E-state index < -0.39 is 0 Å². The zero-order valence-electron chi connectivity index (χ0n) is 18.7. The SMILES string of the molecule is Cn1cc(C(c2ccc(OCC(=O)NN)cc2)c2cn(C)c3ccccc23)c2ccccc21. The van der Waals surface area contributed by atoms with Crippen LogP contribution in [0.1, 0.15) is 22.6 Å². The standard InChI is InChI=1S/C27H26N4O2/c1-30-15-22(20-7-3-5-9-24(20)30)27(23-16-31(2)25-10-6-4-8-21(23)25)18-11-13-19(14-12-18)33-17-26(32)29-28/h3-16,27H,17,28H2,1-2H3,(H,29,32). The van der Waals surface area contributed by atoms with Crippen molar-refractivity contribution in [3.63, 3.8) is 0 Å². The highest BCUT2D eigenvalue weighted by molar-refractivity contribution is 5.89. The lowest BCUT2D eigenvalue weighted by molar-refractivity contribution is -0.123. The van der Waals surface area contributed by atoms with E-state index in [0.29, 0.717) is 5.75 Å². The molecule has 0 aliphatic carbocycles. The molecule has 1 amide bonds. The van der Waals surface area contributed by atoms with Crippen molar-refractivity contribution in [2.75, 3.05) is 6.61 Å². The van der Waals surface area contributed by atoms with Crippen LogP contribution in [0.2, 0.25) is 0 Å². The number of fused-ring (bicyclic) bond motifs is 2. The smallest absolute Gasteiger partial charge is 0.271 e. The third kappa shape index (κ3) is 3.75. The Kier molecular flexibility index (Phi) is 5.36. The predicted molar refractivity (Wildman–Crippen MR) is 131 cm³/mol. The zero-order valence-corrected chi connectivity index (χ0v) is 18.7. The molecule has 0 aliphatic rings. The highest BCUT2D eigenvalue weighted by Crippen LogP contribution is 2.40. The van der Waals surface area contributed by atoms with E-state index in [0.717, 1.165) is 5.56 Å². The van der Waals surface area contributed by atoms with Crippen molar-refractivity contribution in [3.8, 4) is 5.75 Å². The fourth-order valence-electron chi connectivity index (χ4n) is 4.68. The molecule has 0 spiro atoms. The van der Waals surface area contributed by atoms with Crippen LogP contribution in [0, 0.1) is 0 Å². The molecule has 0 bridgehead atoms. The van der Waals surface area contributed by atoms with Gasteiger partial charge in [-0.05, 0) is 41.0 Å². The molecular formula is C27H26N4O2. The van der Waals surface area contributed by atoms with Crippen molar-refractivity contribution in [2.24, 2.45) is 19.9 Å². The molecule has 3 N–H and O–H groups in total. The summed E-state index contributed by atoms with van der Waals surface area (Å²) in [4.78, 5) is 11.4. The third-order valence-corrected chi connectivity index (χ3v) is 6.22. The number of nitrogens with zero attached hydrogens (tertiary/aromatic N) is 2. The lowest BCUT2D eigenvalue weighted by Gasteiger charge is -2.18. The lowest BCUT2D eigenvalue weighted by Crippen LogP contribution is -2.34. The van der Waals surface area contributed by atoms with E-state index in [1.165, 1.54) is 32.9 Å². The molecule has 0 atom stereocenters. The van der Waals surface area contributed by atoms with Gasteiger partial charge in [-0.15, -0.1) is 0 Å². The number of carbonyl (C=O) groups excluding carboxylic acids is 1. The van der Waals surface area contributed by atoms with Crippen LogP contribution in [0.3, 0.4) is 0 Å². The lowest BCUT2D eigenvalue weighted by atomic mass is 9.85. The number of nitrogens with two attached hydrogens (primary N) is 1. The Bertz CT molecular complexity index is 1370. The summed E-state index contributed by atoms with van der Waals surface area (Å²) in [5, 5.41) is 2.47. The number of amides is 1. The minimum absolute atomic E-state index is 0.0311. The van der Waals surface area contributed by atoms with Crippen LogP contribution in [0.5, 0.6) is 5.75 Å². The fourth-order valence-corrected chi connectivity index (χ4v) is 4.68. The summed E-state index contributed by atoms with van der Waals surface area (Å²) in [7, 11) is 4.18. The average Bonchev–Trinajstić information content (AvgIpc) is 3.36. The number of rotatable bonds is 6. The van der Waals surface area contributed by atoms with E-state index in [1.807, 2.05) is 12.1 Å². The number of aryl methyl sites for hydroxylation is 2. The van der Waals surface area contributed by atoms with Crippen LogP contribution in [0.4, 0.5) is 0 Å². The Morgan fingerprint density at radius 3 is 1.88 bits per heavy atom. The van der Waals surface area contributed by atoms with E-state index in [1.54, 1.807) is 0 Å². The Morgan fingerprint density at radius 2 is 1.36 bits per heavy atom. The molecule has 33 heavy (non-hydrogen) atoms. The zero-order chi connectivity index (χ0) is 22.9. The Morgan fingerprint density at radius 1 is 0.848 bits per heavy atom. The summed E-state index contributed by atoms with van der Waals surface area (Å²) in [5.74, 6) is 5.42. The van der Waals surface area contributed by atoms with Gasteiger partial charge >= 0.3 is 0 Å². The second kappa shape index (κ2) is 8.48. The number of nitrogens with one attached hydrogen (secondary N) is 1. The average molecular weight is 439 g/mol. The molecule has 0 radical (unpaired) electrons. The van der Waals surface area contributed by atoms with Gasteiger partial charge in [0.2, 0.25) is 0 Å². The second-order valence-electron chi connectivity index (χ2n) is 8.28. The van der Waals surface area contributed by atoms with Gasteiger partial charge in [0.25, 0.3) is 5.91 Å². The largest absolute Gasteiger partial charge is 0.484 e. The van der Waals surface area contributed by atoms with Crippen LogP contribution in [0.25, 0.3) is 21.8 Å². The Hall–Kier alpha value is -4.03. The van der Waals surface area contributed by atoms with Crippen molar-refractivity contribution in [2.45, 2.75) is 5.92 Å². The maximum atomic E-state index is 11.4. The van der Waals surface area contributed by atoms with Crippen LogP contribution < -0.4 is 16.0 Å². The maximum Gasteiger partial charge on any atom is 0.271 e. The molecule has 6 nitrogen and oxygen atoms in total. The van der Waals surface area contributed by atoms with Crippen LogP contribution in [-0.4, -0.2) is 21.6 Å². The normalized spacial score (nSPS) is 11.4. The van der Waals surface area contributed by atoms with Crippen molar-refractivity contribution in [1.82, 2.24) is 14.6 Å². The van der Waals surface area contributed by atoms with E-state index in [2.05, 4.69) is 102 Å². The molecule has 0 saturated carbocycles. The van der Waals surface area contributed by atoms with Crippen molar-refractivity contribution in [1.29, 1.82) is 0 Å².